The monoisotopic (exact) mass is 735 g/mol. The van der Waals surface area contributed by atoms with Crippen LogP contribution in [0, 0.1) is 0 Å². The number of ether oxygens (including phenoxy) is 5. The molecule has 2 aromatic heterocycles. The van der Waals surface area contributed by atoms with Crippen LogP contribution in [0.1, 0.15) is 56.7 Å². The quantitative estimate of drug-likeness (QED) is 0.0767. The summed E-state index contributed by atoms with van der Waals surface area (Å²) in [5, 5.41) is 29.3. The van der Waals surface area contributed by atoms with Gasteiger partial charge in [-0.25, -0.2) is 4.98 Å². The van der Waals surface area contributed by atoms with Crippen molar-refractivity contribution in [1.82, 2.24) is 19.5 Å². The van der Waals surface area contributed by atoms with Crippen LogP contribution in [0.5, 0.6) is 5.88 Å². The predicted molar refractivity (Wildman–Crippen MR) is 195 cm³/mol. The number of imidazole rings is 1. The van der Waals surface area contributed by atoms with Gasteiger partial charge in [0.15, 0.2) is 29.5 Å². The van der Waals surface area contributed by atoms with E-state index in [1.165, 1.54) is 27.1 Å². The molecule has 1 fully saturated rings. The summed E-state index contributed by atoms with van der Waals surface area (Å²) >= 11 is 0. The molecular weight excluding hydrogens is 698 g/mol. The average molecular weight is 736 g/mol. The molecule has 8 rings (SSSR count). The maximum atomic E-state index is 12.9. The summed E-state index contributed by atoms with van der Waals surface area (Å²) in [4.78, 5) is 52.3. The topological polar surface area (TPSA) is 193 Å². The molecule has 6 aromatic rings. The van der Waals surface area contributed by atoms with Gasteiger partial charge in [0.05, 0.1) is 25.1 Å². The SMILES string of the molecule is C=CCOc1nc(N[C@@H]2c3c(cc4ccc5cccc6ccc3c4c56)[C@@H](OC(C)=O)[C@H](OC(C)=O)[C@@H]2OC(C)=O)nc2c1ncn2[C@H]1C[C@H](O)[C@@H](CO)O1. The van der Waals surface area contributed by atoms with Crippen molar-refractivity contribution >= 4 is 67.3 Å². The number of benzene rings is 4. The number of aliphatic hydroxyl groups is 2. The van der Waals surface area contributed by atoms with Crippen LogP contribution in [0.15, 0.2) is 67.5 Å². The molecule has 2 aliphatic rings. The van der Waals surface area contributed by atoms with Crippen LogP contribution in [-0.4, -0.2) is 85.3 Å². The van der Waals surface area contributed by atoms with Gasteiger partial charge >= 0.3 is 17.9 Å². The number of nitrogens with zero attached hydrogens (tertiary/aromatic N) is 4. The van der Waals surface area contributed by atoms with Crippen molar-refractivity contribution in [3.63, 3.8) is 0 Å². The van der Waals surface area contributed by atoms with Crippen molar-refractivity contribution in [3.8, 4) is 5.88 Å². The summed E-state index contributed by atoms with van der Waals surface area (Å²) in [5.74, 6) is -1.87. The number of fused-ring (bicyclic) bond motifs is 3. The average Bonchev–Trinajstić information content (AvgIpc) is 3.74. The van der Waals surface area contributed by atoms with E-state index < -0.39 is 60.7 Å². The normalized spacial score (nSPS) is 23.8. The molecule has 54 heavy (non-hydrogen) atoms. The van der Waals surface area contributed by atoms with Gasteiger partial charge in [-0.15, -0.1) is 0 Å². The summed E-state index contributed by atoms with van der Waals surface area (Å²) < 4.78 is 31.3. The third-order valence-electron chi connectivity index (χ3n) is 9.89. The number of aromatic nitrogens is 4. The number of carbonyl (C=O) groups is 3. The fraction of sp³-hybridized carbons (Fsp3) is 0.333. The van der Waals surface area contributed by atoms with Crippen LogP contribution in [0.25, 0.3) is 43.5 Å². The van der Waals surface area contributed by atoms with Crippen LogP contribution in [0.4, 0.5) is 5.95 Å². The lowest BCUT2D eigenvalue weighted by Crippen LogP contribution is -2.50. The van der Waals surface area contributed by atoms with E-state index in [0.717, 1.165) is 32.3 Å². The van der Waals surface area contributed by atoms with Crippen LogP contribution >= 0.6 is 0 Å². The first kappa shape index (κ1) is 35.1. The second kappa shape index (κ2) is 13.8. The van der Waals surface area contributed by atoms with Gasteiger partial charge in [-0.2, -0.15) is 9.97 Å². The maximum Gasteiger partial charge on any atom is 0.303 e. The molecule has 1 aliphatic carbocycles. The third kappa shape index (κ3) is 5.99. The van der Waals surface area contributed by atoms with Gasteiger partial charge in [0.1, 0.15) is 18.9 Å². The first-order chi connectivity index (χ1) is 26.1. The number of nitrogens with one attached hydrogen (secondary N) is 1. The van der Waals surface area contributed by atoms with Gasteiger partial charge in [-0.05, 0) is 43.9 Å². The zero-order valence-corrected chi connectivity index (χ0v) is 29.6. The van der Waals surface area contributed by atoms with Crippen molar-refractivity contribution < 1.29 is 48.3 Å². The first-order valence-corrected chi connectivity index (χ1v) is 17.5. The molecule has 1 saturated heterocycles. The number of esters is 3. The number of hydrogen-bond acceptors (Lipinski definition) is 14. The molecule has 4 aromatic carbocycles. The Bertz CT molecular complexity index is 2430. The molecule has 15 heteroatoms. The van der Waals surface area contributed by atoms with Gasteiger partial charge < -0.3 is 39.2 Å². The standard InChI is InChI=1S/C39H37N5O10/c1-5-13-50-38-33-37(44(17-40-33)28-15-26(49)27(16-45)54-28)42-39(43-38)41-32-31-24-12-11-22-8-6-7-21-9-10-23(30(24)29(21)22)14-25(31)34(51-18(2)46)36(53-20(4)48)35(32)52-19(3)47/h5-12,14,17,26-28,32,34-36,45,49H,1,13,15-16H2,2-4H3,(H,41,42,43)/t26-,27+,28+,32+,34+,35+,36-/m0/s1. The molecule has 0 amide bonds. The number of anilines is 1. The molecule has 0 radical (unpaired) electrons. The minimum atomic E-state index is -1.29. The summed E-state index contributed by atoms with van der Waals surface area (Å²) in [6.07, 6.45) is -2.95. The van der Waals surface area contributed by atoms with E-state index >= 15 is 0 Å². The van der Waals surface area contributed by atoms with Crippen LogP contribution in [0.3, 0.4) is 0 Å². The summed E-state index contributed by atoms with van der Waals surface area (Å²) in [7, 11) is 0. The molecule has 0 bridgehead atoms. The van der Waals surface area contributed by atoms with Crippen LogP contribution in [-0.2, 0) is 33.3 Å². The third-order valence-corrected chi connectivity index (χ3v) is 9.89. The van der Waals surface area contributed by atoms with E-state index in [0.29, 0.717) is 16.6 Å². The minimum absolute atomic E-state index is 0.0203. The maximum absolute atomic E-state index is 12.9. The van der Waals surface area contributed by atoms with E-state index in [1.54, 1.807) is 10.6 Å². The molecule has 7 atom stereocenters. The molecule has 3 heterocycles. The van der Waals surface area contributed by atoms with Gasteiger partial charge in [-0.3, -0.25) is 19.0 Å². The molecular formula is C39H37N5O10. The molecule has 0 unspecified atom stereocenters. The second-order valence-corrected chi connectivity index (χ2v) is 13.4. The Hall–Kier alpha value is -5.90. The van der Waals surface area contributed by atoms with Gasteiger partial charge in [0.2, 0.25) is 11.8 Å². The van der Waals surface area contributed by atoms with Gasteiger partial charge in [0.25, 0.3) is 0 Å². The second-order valence-electron chi connectivity index (χ2n) is 13.4. The first-order valence-electron chi connectivity index (χ1n) is 17.5. The number of rotatable bonds is 10. The zero-order valence-electron chi connectivity index (χ0n) is 29.6. The highest BCUT2D eigenvalue weighted by Gasteiger charge is 2.50. The van der Waals surface area contributed by atoms with E-state index in [9.17, 15) is 24.6 Å². The largest absolute Gasteiger partial charge is 0.472 e. The number of carbonyl (C=O) groups excluding carboxylic acids is 3. The lowest BCUT2D eigenvalue weighted by molar-refractivity contribution is -0.187. The smallest absolute Gasteiger partial charge is 0.303 e. The van der Waals surface area contributed by atoms with E-state index in [2.05, 4.69) is 21.9 Å². The minimum Gasteiger partial charge on any atom is -0.472 e. The Kier molecular flexibility index (Phi) is 9.00. The van der Waals surface area contributed by atoms with Crippen molar-refractivity contribution in [2.75, 3.05) is 18.5 Å². The summed E-state index contributed by atoms with van der Waals surface area (Å²) in [5.41, 5.74) is 1.72. The van der Waals surface area contributed by atoms with Gasteiger partial charge in [0, 0.05) is 32.8 Å². The Balaban J connectivity index is 1.37. The Morgan fingerprint density at radius 1 is 0.963 bits per heavy atom. The lowest BCUT2D eigenvalue weighted by Gasteiger charge is -2.43. The predicted octanol–water partition coefficient (Wildman–Crippen LogP) is 4.56. The Labute approximate surface area is 307 Å². The fourth-order valence-electron chi connectivity index (χ4n) is 7.84. The van der Waals surface area contributed by atoms with Gasteiger partial charge in [-0.1, -0.05) is 55.1 Å². The van der Waals surface area contributed by atoms with Crippen molar-refractivity contribution in [2.24, 2.45) is 0 Å². The van der Waals surface area contributed by atoms with Crippen molar-refractivity contribution in [1.29, 1.82) is 0 Å². The molecule has 278 valence electrons. The number of aliphatic hydroxyl groups excluding tert-OH is 2. The Morgan fingerprint density at radius 3 is 2.35 bits per heavy atom. The van der Waals surface area contributed by atoms with Crippen LogP contribution < -0.4 is 10.1 Å². The molecule has 1 aliphatic heterocycles. The highest BCUT2D eigenvalue weighted by molar-refractivity contribution is 6.24. The summed E-state index contributed by atoms with van der Waals surface area (Å²) in [6, 6.07) is 14.9. The molecule has 0 spiro atoms. The van der Waals surface area contributed by atoms with E-state index in [-0.39, 0.29) is 37.1 Å². The number of hydrogen-bond donors (Lipinski definition) is 3. The van der Waals surface area contributed by atoms with Crippen LogP contribution in [0.2, 0.25) is 0 Å². The molecule has 15 nitrogen and oxygen atoms in total. The molecule has 0 saturated carbocycles. The summed E-state index contributed by atoms with van der Waals surface area (Å²) in [6.45, 7) is 7.17. The van der Waals surface area contributed by atoms with E-state index in [1.807, 2.05) is 48.5 Å². The lowest BCUT2D eigenvalue weighted by atomic mass is 9.77. The molecule has 3 N–H and O–H groups in total. The van der Waals surface area contributed by atoms with Crippen molar-refractivity contribution in [2.45, 2.75) is 70.0 Å². The van der Waals surface area contributed by atoms with E-state index in [4.69, 9.17) is 28.7 Å². The zero-order chi connectivity index (χ0) is 37.8. The highest BCUT2D eigenvalue weighted by atomic mass is 16.6. The Morgan fingerprint density at radius 2 is 1.67 bits per heavy atom. The highest BCUT2D eigenvalue weighted by Crippen LogP contribution is 2.49. The fourth-order valence-corrected chi connectivity index (χ4v) is 7.84. The van der Waals surface area contributed by atoms with Crippen molar-refractivity contribution in [3.05, 3.63) is 78.6 Å².